The highest BCUT2D eigenvalue weighted by Gasteiger charge is 2.37. The Hall–Kier alpha value is -1.38. The standard InChI is InChI=1S/C11H14N2O/c1-11(5-6-11)8-13-10(14)9-4-2-3-7-12-9/h2-4,7H,5-6,8H2,1H3,(H,13,14). The van der Waals surface area contributed by atoms with Crippen LogP contribution in [0.4, 0.5) is 0 Å². The van der Waals surface area contributed by atoms with Gasteiger partial charge in [-0.2, -0.15) is 0 Å². The predicted molar refractivity (Wildman–Crippen MR) is 53.9 cm³/mol. The maximum Gasteiger partial charge on any atom is 0.269 e. The van der Waals surface area contributed by atoms with Crippen LogP contribution in [-0.2, 0) is 0 Å². The summed E-state index contributed by atoms with van der Waals surface area (Å²) in [6.45, 7) is 2.95. The molecule has 1 aliphatic carbocycles. The Morgan fingerprint density at radius 1 is 1.57 bits per heavy atom. The lowest BCUT2D eigenvalue weighted by atomic mass is 10.1. The number of rotatable bonds is 3. The SMILES string of the molecule is CC1(CNC(=O)c2ccccn2)CC1. The lowest BCUT2D eigenvalue weighted by Gasteiger charge is -2.09. The number of carbonyl (C=O) groups excluding carboxylic acids is 1. The number of hydrogen-bond acceptors (Lipinski definition) is 2. The monoisotopic (exact) mass is 190 g/mol. The number of aromatic nitrogens is 1. The van der Waals surface area contributed by atoms with Crippen LogP contribution in [-0.4, -0.2) is 17.4 Å². The van der Waals surface area contributed by atoms with Crippen LogP contribution in [0.25, 0.3) is 0 Å². The van der Waals surface area contributed by atoms with Crippen LogP contribution in [0.1, 0.15) is 30.3 Å². The molecule has 1 aromatic rings. The van der Waals surface area contributed by atoms with E-state index in [1.807, 2.05) is 6.07 Å². The van der Waals surface area contributed by atoms with Crippen molar-refractivity contribution < 1.29 is 4.79 Å². The Kier molecular flexibility index (Phi) is 2.23. The zero-order valence-electron chi connectivity index (χ0n) is 8.29. The van der Waals surface area contributed by atoms with Crippen molar-refractivity contribution in [2.75, 3.05) is 6.54 Å². The van der Waals surface area contributed by atoms with E-state index in [1.54, 1.807) is 18.3 Å². The summed E-state index contributed by atoms with van der Waals surface area (Å²) in [7, 11) is 0. The van der Waals surface area contributed by atoms with Gasteiger partial charge in [-0.05, 0) is 30.4 Å². The van der Waals surface area contributed by atoms with Crippen molar-refractivity contribution in [2.24, 2.45) is 5.41 Å². The average Bonchev–Trinajstić information content (AvgIpc) is 2.95. The highest BCUT2D eigenvalue weighted by atomic mass is 16.1. The Morgan fingerprint density at radius 3 is 2.93 bits per heavy atom. The van der Waals surface area contributed by atoms with Crippen LogP contribution in [0.2, 0.25) is 0 Å². The molecule has 0 saturated heterocycles. The molecule has 0 spiro atoms. The molecule has 1 amide bonds. The minimum absolute atomic E-state index is 0.0706. The minimum Gasteiger partial charge on any atom is -0.350 e. The molecule has 1 heterocycles. The van der Waals surface area contributed by atoms with Crippen molar-refractivity contribution >= 4 is 5.91 Å². The van der Waals surface area contributed by atoms with Gasteiger partial charge < -0.3 is 5.32 Å². The van der Waals surface area contributed by atoms with Gasteiger partial charge in [0.2, 0.25) is 0 Å². The molecule has 0 aromatic carbocycles. The molecular formula is C11H14N2O. The average molecular weight is 190 g/mol. The van der Waals surface area contributed by atoms with Gasteiger partial charge in [-0.15, -0.1) is 0 Å². The van der Waals surface area contributed by atoms with Gasteiger partial charge in [0.15, 0.2) is 0 Å². The third kappa shape index (κ3) is 2.10. The lowest BCUT2D eigenvalue weighted by molar-refractivity contribution is 0.0941. The van der Waals surface area contributed by atoms with E-state index in [0.717, 1.165) is 6.54 Å². The van der Waals surface area contributed by atoms with Crippen molar-refractivity contribution in [3.8, 4) is 0 Å². The summed E-state index contributed by atoms with van der Waals surface area (Å²) in [5.41, 5.74) is 0.849. The molecule has 1 aliphatic rings. The van der Waals surface area contributed by atoms with Gasteiger partial charge in [-0.3, -0.25) is 9.78 Å². The van der Waals surface area contributed by atoms with Gasteiger partial charge in [-0.25, -0.2) is 0 Å². The van der Waals surface area contributed by atoms with Crippen LogP contribution in [0, 0.1) is 5.41 Å². The number of carbonyl (C=O) groups is 1. The van der Waals surface area contributed by atoms with Crippen molar-refractivity contribution in [2.45, 2.75) is 19.8 Å². The van der Waals surface area contributed by atoms with Gasteiger partial charge in [-0.1, -0.05) is 13.0 Å². The van der Waals surface area contributed by atoms with E-state index in [0.29, 0.717) is 11.1 Å². The summed E-state index contributed by atoms with van der Waals surface area (Å²) in [4.78, 5) is 15.5. The van der Waals surface area contributed by atoms with Crippen LogP contribution >= 0.6 is 0 Å². The zero-order chi connectivity index (χ0) is 10.0. The molecule has 0 atom stereocenters. The summed E-state index contributed by atoms with van der Waals surface area (Å²) in [5, 5.41) is 2.90. The van der Waals surface area contributed by atoms with E-state index < -0.39 is 0 Å². The molecule has 0 bridgehead atoms. The second-order valence-corrected chi connectivity index (χ2v) is 4.21. The number of hydrogen-bond donors (Lipinski definition) is 1. The number of nitrogens with one attached hydrogen (secondary N) is 1. The van der Waals surface area contributed by atoms with Crippen LogP contribution in [0.5, 0.6) is 0 Å². The fourth-order valence-electron chi connectivity index (χ4n) is 1.27. The lowest BCUT2D eigenvalue weighted by Crippen LogP contribution is -2.29. The first-order chi connectivity index (χ1) is 6.70. The number of amides is 1. The Labute approximate surface area is 83.5 Å². The fraction of sp³-hybridized carbons (Fsp3) is 0.455. The highest BCUT2D eigenvalue weighted by molar-refractivity contribution is 5.92. The van der Waals surface area contributed by atoms with E-state index >= 15 is 0 Å². The molecule has 74 valence electrons. The molecular weight excluding hydrogens is 176 g/mol. The van der Waals surface area contributed by atoms with Crippen LogP contribution in [0.15, 0.2) is 24.4 Å². The molecule has 1 saturated carbocycles. The predicted octanol–water partition coefficient (Wildman–Crippen LogP) is 1.61. The summed E-state index contributed by atoms with van der Waals surface area (Å²) in [5.74, 6) is -0.0706. The molecule has 3 heteroatoms. The van der Waals surface area contributed by atoms with Gasteiger partial charge >= 0.3 is 0 Å². The van der Waals surface area contributed by atoms with Crippen LogP contribution in [0.3, 0.4) is 0 Å². The third-order valence-electron chi connectivity index (χ3n) is 2.68. The maximum absolute atomic E-state index is 11.5. The van der Waals surface area contributed by atoms with E-state index in [-0.39, 0.29) is 5.91 Å². The minimum atomic E-state index is -0.0706. The Bertz CT molecular complexity index is 330. The van der Waals surface area contributed by atoms with Crippen molar-refractivity contribution in [3.63, 3.8) is 0 Å². The van der Waals surface area contributed by atoms with Crippen molar-refractivity contribution in [3.05, 3.63) is 30.1 Å². The Balaban J connectivity index is 1.90. The van der Waals surface area contributed by atoms with Crippen molar-refractivity contribution in [1.29, 1.82) is 0 Å². The van der Waals surface area contributed by atoms with Crippen molar-refractivity contribution in [1.82, 2.24) is 10.3 Å². The van der Waals surface area contributed by atoms with Gasteiger partial charge in [0, 0.05) is 12.7 Å². The fourth-order valence-corrected chi connectivity index (χ4v) is 1.27. The van der Waals surface area contributed by atoms with Gasteiger partial charge in [0.25, 0.3) is 5.91 Å². The summed E-state index contributed by atoms with van der Waals surface area (Å²) in [6, 6.07) is 5.35. The molecule has 0 aliphatic heterocycles. The first-order valence-corrected chi connectivity index (χ1v) is 4.89. The molecule has 14 heavy (non-hydrogen) atoms. The normalized spacial score (nSPS) is 17.5. The molecule has 3 nitrogen and oxygen atoms in total. The van der Waals surface area contributed by atoms with E-state index in [4.69, 9.17) is 0 Å². The quantitative estimate of drug-likeness (QED) is 0.786. The second-order valence-electron chi connectivity index (χ2n) is 4.21. The highest BCUT2D eigenvalue weighted by Crippen LogP contribution is 2.44. The largest absolute Gasteiger partial charge is 0.350 e. The smallest absolute Gasteiger partial charge is 0.269 e. The summed E-state index contributed by atoms with van der Waals surface area (Å²) >= 11 is 0. The molecule has 0 radical (unpaired) electrons. The maximum atomic E-state index is 11.5. The zero-order valence-corrected chi connectivity index (χ0v) is 8.29. The molecule has 1 fully saturated rings. The van der Waals surface area contributed by atoms with Gasteiger partial charge in [0.05, 0.1) is 0 Å². The molecule has 0 unspecified atom stereocenters. The molecule has 2 rings (SSSR count). The summed E-state index contributed by atoms with van der Waals surface area (Å²) in [6.07, 6.45) is 4.07. The third-order valence-corrected chi connectivity index (χ3v) is 2.68. The topological polar surface area (TPSA) is 42.0 Å². The Morgan fingerprint density at radius 2 is 2.36 bits per heavy atom. The second kappa shape index (κ2) is 3.40. The summed E-state index contributed by atoms with van der Waals surface area (Å²) < 4.78 is 0. The first-order valence-electron chi connectivity index (χ1n) is 4.89. The van der Waals surface area contributed by atoms with E-state index in [9.17, 15) is 4.79 Å². The van der Waals surface area contributed by atoms with E-state index in [2.05, 4.69) is 17.2 Å². The van der Waals surface area contributed by atoms with E-state index in [1.165, 1.54) is 12.8 Å². The number of pyridine rings is 1. The van der Waals surface area contributed by atoms with Crippen LogP contribution < -0.4 is 5.32 Å². The number of nitrogens with zero attached hydrogens (tertiary/aromatic N) is 1. The first kappa shape index (κ1) is 9.19. The molecule has 1 aromatic heterocycles. The van der Waals surface area contributed by atoms with Gasteiger partial charge in [0.1, 0.15) is 5.69 Å². The molecule has 1 N–H and O–H groups in total.